The maximum atomic E-state index is 11.9. The van der Waals surface area contributed by atoms with Crippen LogP contribution in [0.5, 0.6) is 11.5 Å². The molecule has 0 atom stereocenters. The van der Waals surface area contributed by atoms with Crippen molar-refractivity contribution in [3.05, 3.63) is 59.7 Å². The first-order valence-electron chi connectivity index (χ1n) is 7.84. The van der Waals surface area contributed by atoms with Crippen LogP contribution in [0, 0.1) is 11.3 Å². The van der Waals surface area contributed by atoms with Crippen molar-refractivity contribution in [1.82, 2.24) is 5.32 Å². The summed E-state index contributed by atoms with van der Waals surface area (Å²) in [6.45, 7) is 0.0763. The number of nitriles is 1. The molecule has 0 radical (unpaired) electrons. The number of nitrogens with one attached hydrogen (secondary N) is 1. The maximum absolute atomic E-state index is 11.9. The third-order valence-corrected chi connectivity index (χ3v) is 3.31. The molecule has 0 aliphatic carbocycles. The van der Waals surface area contributed by atoms with Crippen LogP contribution >= 0.6 is 0 Å². The molecule has 7 heteroatoms. The van der Waals surface area contributed by atoms with Crippen LogP contribution < -0.4 is 14.8 Å². The van der Waals surface area contributed by atoms with E-state index in [0.29, 0.717) is 17.1 Å². The van der Waals surface area contributed by atoms with E-state index in [1.807, 2.05) is 18.2 Å². The number of methoxy groups -OCH3 is 1. The fourth-order valence-electron chi connectivity index (χ4n) is 2.07. The van der Waals surface area contributed by atoms with E-state index in [4.69, 9.17) is 19.5 Å². The monoisotopic (exact) mass is 354 g/mol. The Labute approximate surface area is 151 Å². The van der Waals surface area contributed by atoms with E-state index >= 15 is 0 Å². The summed E-state index contributed by atoms with van der Waals surface area (Å²) < 4.78 is 15.6. The van der Waals surface area contributed by atoms with Gasteiger partial charge in [-0.15, -0.1) is 0 Å². The van der Waals surface area contributed by atoms with Crippen LogP contribution in [-0.2, 0) is 9.53 Å². The molecule has 2 rings (SSSR count). The highest BCUT2D eigenvalue weighted by molar-refractivity contribution is 5.91. The Morgan fingerprint density at radius 3 is 2.62 bits per heavy atom. The molecule has 2 aromatic rings. The number of ether oxygens (including phenoxy) is 3. The van der Waals surface area contributed by atoms with E-state index in [1.54, 1.807) is 31.4 Å². The van der Waals surface area contributed by atoms with Gasteiger partial charge in [0.25, 0.3) is 5.91 Å². The molecule has 0 bridgehead atoms. The van der Waals surface area contributed by atoms with Gasteiger partial charge in [0, 0.05) is 0 Å². The Bertz CT molecular complexity index is 814. The Balaban J connectivity index is 1.70. The van der Waals surface area contributed by atoms with Crippen molar-refractivity contribution < 1.29 is 23.8 Å². The molecule has 134 valence electrons. The molecule has 0 heterocycles. The number of hydrogen-bond donors (Lipinski definition) is 1. The number of hydrogen-bond acceptors (Lipinski definition) is 6. The fraction of sp³-hybridized carbons (Fsp3) is 0.211. The van der Waals surface area contributed by atoms with Gasteiger partial charge in [-0.05, 0) is 30.3 Å². The van der Waals surface area contributed by atoms with Crippen molar-refractivity contribution in [1.29, 1.82) is 5.26 Å². The van der Waals surface area contributed by atoms with Gasteiger partial charge >= 0.3 is 5.97 Å². The smallest absolute Gasteiger partial charge is 0.338 e. The molecule has 0 aromatic heterocycles. The van der Waals surface area contributed by atoms with Crippen LogP contribution in [-0.4, -0.2) is 38.7 Å². The number of benzene rings is 2. The molecule has 0 saturated carbocycles. The van der Waals surface area contributed by atoms with Crippen LogP contribution in [0.1, 0.15) is 15.9 Å². The van der Waals surface area contributed by atoms with E-state index in [-0.39, 0.29) is 18.7 Å². The minimum absolute atomic E-state index is 0.219. The summed E-state index contributed by atoms with van der Waals surface area (Å²) in [7, 11) is 1.55. The summed E-state index contributed by atoms with van der Waals surface area (Å²) in [5.41, 5.74) is 0.564. The summed E-state index contributed by atoms with van der Waals surface area (Å²) in [5.74, 6) is 0.0707. The Hall–Kier alpha value is -3.53. The lowest BCUT2D eigenvalue weighted by molar-refractivity contribution is -0.124. The lowest BCUT2D eigenvalue weighted by Crippen LogP contribution is -2.32. The highest BCUT2D eigenvalue weighted by Crippen LogP contribution is 2.25. The molecular weight excluding hydrogens is 336 g/mol. The Kier molecular flexibility index (Phi) is 7.01. The van der Waals surface area contributed by atoms with Crippen LogP contribution in [0.4, 0.5) is 0 Å². The third-order valence-electron chi connectivity index (χ3n) is 3.31. The van der Waals surface area contributed by atoms with E-state index in [2.05, 4.69) is 5.32 Å². The van der Waals surface area contributed by atoms with E-state index in [0.717, 1.165) is 0 Å². The summed E-state index contributed by atoms with van der Waals surface area (Å²) in [6, 6.07) is 15.2. The van der Waals surface area contributed by atoms with Gasteiger partial charge < -0.3 is 19.5 Å². The summed E-state index contributed by atoms with van der Waals surface area (Å²) in [6.07, 6.45) is 0. The quantitative estimate of drug-likeness (QED) is 0.574. The molecule has 0 aliphatic rings. The van der Waals surface area contributed by atoms with Crippen molar-refractivity contribution in [2.24, 2.45) is 0 Å². The van der Waals surface area contributed by atoms with Crippen molar-refractivity contribution >= 4 is 11.9 Å². The zero-order valence-corrected chi connectivity index (χ0v) is 14.2. The Morgan fingerprint density at radius 1 is 1.12 bits per heavy atom. The number of nitrogens with zero attached hydrogens (tertiary/aromatic N) is 1. The SMILES string of the molecule is COc1ccccc1OCCNC(=O)COC(=O)c1cccc(C#N)c1. The molecule has 0 unspecified atom stereocenters. The maximum Gasteiger partial charge on any atom is 0.338 e. The summed E-state index contributed by atoms with van der Waals surface area (Å²) in [4.78, 5) is 23.6. The minimum Gasteiger partial charge on any atom is -0.493 e. The van der Waals surface area contributed by atoms with Gasteiger partial charge in [0.2, 0.25) is 0 Å². The molecular formula is C19H18N2O5. The first-order chi connectivity index (χ1) is 12.6. The van der Waals surface area contributed by atoms with E-state index in [1.165, 1.54) is 12.1 Å². The predicted octanol–water partition coefficient (Wildman–Crippen LogP) is 1.92. The first kappa shape index (κ1) is 18.8. The van der Waals surface area contributed by atoms with Gasteiger partial charge in [0.1, 0.15) is 6.61 Å². The van der Waals surface area contributed by atoms with Crippen LogP contribution in [0.15, 0.2) is 48.5 Å². The number of para-hydroxylation sites is 2. The molecule has 7 nitrogen and oxygen atoms in total. The zero-order chi connectivity index (χ0) is 18.8. The minimum atomic E-state index is -0.664. The molecule has 1 amide bonds. The molecule has 0 spiro atoms. The summed E-state index contributed by atoms with van der Waals surface area (Å²) >= 11 is 0. The van der Waals surface area contributed by atoms with Gasteiger partial charge in [-0.2, -0.15) is 5.26 Å². The van der Waals surface area contributed by atoms with Gasteiger partial charge in [-0.25, -0.2) is 4.79 Å². The fourth-order valence-corrected chi connectivity index (χ4v) is 2.07. The highest BCUT2D eigenvalue weighted by Gasteiger charge is 2.10. The standard InChI is InChI=1S/C19H18N2O5/c1-24-16-7-2-3-8-17(16)25-10-9-21-18(22)13-26-19(23)15-6-4-5-14(11-15)12-20/h2-8,11H,9-10,13H2,1H3,(H,21,22). The number of amides is 1. The molecule has 0 saturated heterocycles. The average Bonchev–Trinajstić information content (AvgIpc) is 2.69. The first-order valence-corrected chi connectivity index (χ1v) is 7.84. The van der Waals surface area contributed by atoms with Gasteiger partial charge in [-0.1, -0.05) is 18.2 Å². The topological polar surface area (TPSA) is 97.7 Å². The van der Waals surface area contributed by atoms with Gasteiger partial charge in [0.05, 0.1) is 30.9 Å². The van der Waals surface area contributed by atoms with Gasteiger partial charge in [0.15, 0.2) is 18.1 Å². The lowest BCUT2D eigenvalue weighted by Gasteiger charge is -2.11. The van der Waals surface area contributed by atoms with E-state index < -0.39 is 18.5 Å². The predicted molar refractivity (Wildman–Crippen MR) is 92.9 cm³/mol. The van der Waals surface area contributed by atoms with Crippen molar-refractivity contribution in [3.63, 3.8) is 0 Å². The van der Waals surface area contributed by atoms with Crippen molar-refractivity contribution in [2.75, 3.05) is 26.9 Å². The molecule has 26 heavy (non-hydrogen) atoms. The molecule has 0 fully saturated rings. The molecule has 0 aliphatic heterocycles. The Morgan fingerprint density at radius 2 is 1.88 bits per heavy atom. The normalized spacial score (nSPS) is 9.69. The van der Waals surface area contributed by atoms with Crippen molar-refractivity contribution in [2.45, 2.75) is 0 Å². The zero-order valence-electron chi connectivity index (χ0n) is 14.2. The molecule has 1 N–H and O–H groups in total. The average molecular weight is 354 g/mol. The second kappa shape index (κ2) is 9.69. The van der Waals surface area contributed by atoms with E-state index in [9.17, 15) is 9.59 Å². The second-order valence-corrected chi connectivity index (χ2v) is 5.12. The largest absolute Gasteiger partial charge is 0.493 e. The highest BCUT2D eigenvalue weighted by atomic mass is 16.5. The number of carbonyl (C=O) groups excluding carboxylic acids is 2. The number of esters is 1. The van der Waals surface area contributed by atoms with Crippen LogP contribution in [0.3, 0.4) is 0 Å². The number of rotatable bonds is 8. The molecule has 2 aromatic carbocycles. The lowest BCUT2D eigenvalue weighted by atomic mass is 10.1. The van der Waals surface area contributed by atoms with Gasteiger partial charge in [-0.3, -0.25) is 4.79 Å². The third kappa shape index (κ3) is 5.53. The summed E-state index contributed by atoms with van der Waals surface area (Å²) in [5, 5.41) is 11.4. The number of carbonyl (C=O) groups is 2. The van der Waals surface area contributed by atoms with Crippen molar-refractivity contribution in [3.8, 4) is 17.6 Å². The van der Waals surface area contributed by atoms with Crippen LogP contribution in [0.2, 0.25) is 0 Å². The van der Waals surface area contributed by atoms with Crippen LogP contribution in [0.25, 0.3) is 0 Å². The second-order valence-electron chi connectivity index (χ2n) is 5.12.